The maximum absolute atomic E-state index is 10.4. The van der Waals surface area contributed by atoms with Crippen LogP contribution in [0.2, 0.25) is 0 Å². The molecule has 86 valence electrons. The van der Waals surface area contributed by atoms with Gasteiger partial charge in [-0.2, -0.15) is 5.01 Å². The van der Waals surface area contributed by atoms with Gasteiger partial charge in [-0.3, -0.25) is 0 Å². The second kappa shape index (κ2) is 4.23. The number of aromatic nitrogens is 1. The van der Waals surface area contributed by atoms with Crippen LogP contribution in [0.15, 0.2) is 15.1 Å². The number of thiazole rings is 1. The van der Waals surface area contributed by atoms with Gasteiger partial charge in [0, 0.05) is 7.05 Å². The normalized spacial score (nSPS) is 15.9. The Bertz CT molecular complexity index is 449. The number of anilines is 1. The van der Waals surface area contributed by atoms with E-state index in [1.165, 1.54) is 21.5 Å². The first-order valence-electron chi connectivity index (χ1n) is 3.97. The molecule has 16 heavy (non-hydrogen) atoms. The van der Waals surface area contributed by atoms with Crippen molar-refractivity contribution in [2.75, 3.05) is 12.1 Å². The molecule has 0 aliphatic carbocycles. The molecule has 0 fully saturated rings. The van der Waals surface area contributed by atoms with Gasteiger partial charge in [-0.15, -0.1) is 10.2 Å². The summed E-state index contributed by atoms with van der Waals surface area (Å²) < 4.78 is 5.31. The second-order valence-corrected chi connectivity index (χ2v) is 5.03. The number of ether oxygens (including phenoxy) is 1. The minimum absolute atomic E-state index is 0.100. The highest BCUT2D eigenvalue weighted by atomic mass is 79.9. The molecule has 0 spiro atoms. The van der Waals surface area contributed by atoms with Crippen molar-refractivity contribution in [2.24, 2.45) is 5.10 Å². The lowest BCUT2D eigenvalue weighted by Crippen LogP contribution is -2.43. The number of hydrogen-bond donors (Lipinski definition) is 2. The molecule has 0 aromatic carbocycles. The maximum atomic E-state index is 10.4. The lowest BCUT2D eigenvalue weighted by atomic mass is 10.9. The van der Waals surface area contributed by atoms with Crippen molar-refractivity contribution >= 4 is 44.6 Å². The average Bonchev–Trinajstić information content (AvgIpc) is 2.73. The van der Waals surface area contributed by atoms with Gasteiger partial charge in [0.25, 0.3) is 0 Å². The number of hydrazone groups is 1. The van der Waals surface area contributed by atoms with Gasteiger partial charge in [0.1, 0.15) is 0 Å². The minimum Gasteiger partial charge on any atom is -0.449 e. The zero-order valence-electron chi connectivity index (χ0n) is 7.92. The number of halogens is 1. The van der Waals surface area contributed by atoms with E-state index in [0.717, 1.165) is 3.79 Å². The van der Waals surface area contributed by atoms with Crippen LogP contribution in [0.1, 0.15) is 0 Å². The largest absolute Gasteiger partial charge is 0.513 e. The third-order valence-corrected chi connectivity index (χ3v) is 3.05. The summed E-state index contributed by atoms with van der Waals surface area (Å²) in [6, 6.07) is -0.100. The van der Waals surface area contributed by atoms with E-state index in [1.807, 2.05) is 0 Å². The first kappa shape index (κ1) is 11.1. The molecule has 0 saturated carbocycles. The molecule has 8 nitrogen and oxygen atoms in total. The van der Waals surface area contributed by atoms with E-state index in [4.69, 9.17) is 5.11 Å². The number of nitrogens with zero attached hydrogens (tertiary/aromatic N) is 4. The third-order valence-electron chi connectivity index (χ3n) is 1.60. The lowest BCUT2D eigenvalue weighted by molar-refractivity contribution is 0.138. The molecular formula is C6H6BrN5O3S. The Labute approximate surface area is 102 Å². The number of carbonyl (C=O) groups is 1. The van der Waals surface area contributed by atoms with Crippen LogP contribution < -0.4 is 10.5 Å². The van der Waals surface area contributed by atoms with Crippen molar-refractivity contribution in [3.8, 4) is 0 Å². The lowest BCUT2D eigenvalue weighted by Gasteiger charge is -2.20. The quantitative estimate of drug-likeness (QED) is 0.749. The number of amidine groups is 1. The summed E-state index contributed by atoms with van der Waals surface area (Å²) in [5, 5.41) is 15.6. The number of rotatable bonds is 1. The van der Waals surface area contributed by atoms with Gasteiger partial charge in [0.2, 0.25) is 5.13 Å². The molecule has 0 atom stereocenters. The second-order valence-electron chi connectivity index (χ2n) is 2.64. The number of carboxylic acid groups (broad SMARTS) is 1. The van der Waals surface area contributed by atoms with Gasteiger partial charge in [0.05, 0.1) is 9.98 Å². The van der Waals surface area contributed by atoms with Crippen LogP contribution in [0.4, 0.5) is 9.93 Å². The van der Waals surface area contributed by atoms with Gasteiger partial charge < -0.3 is 9.84 Å². The Balaban J connectivity index is 2.24. The molecule has 2 N–H and O–H groups in total. The van der Waals surface area contributed by atoms with Crippen LogP contribution in [0.5, 0.6) is 0 Å². The van der Waals surface area contributed by atoms with Crippen LogP contribution in [0.3, 0.4) is 0 Å². The minimum atomic E-state index is -1.43. The molecular weight excluding hydrogens is 302 g/mol. The zero-order chi connectivity index (χ0) is 11.7. The van der Waals surface area contributed by atoms with Crippen LogP contribution in [-0.4, -0.2) is 34.4 Å². The molecule has 10 heteroatoms. The molecule has 1 aromatic heterocycles. The van der Waals surface area contributed by atoms with Crippen molar-refractivity contribution in [1.29, 1.82) is 0 Å². The topological polar surface area (TPSA) is 90.3 Å². The summed E-state index contributed by atoms with van der Waals surface area (Å²) in [5.74, 6) is 0. The number of hydrogen-bond acceptors (Lipinski definition) is 8. The smallest absolute Gasteiger partial charge is 0.449 e. The number of nitrogens with one attached hydrogen (secondary N) is 1. The molecule has 0 radical (unpaired) electrons. The highest BCUT2D eigenvalue weighted by molar-refractivity contribution is 9.11. The maximum Gasteiger partial charge on any atom is 0.513 e. The van der Waals surface area contributed by atoms with Gasteiger partial charge in [0.15, 0.2) is 0 Å². The predicted molar refractivity (Wildman–Crippen MR) is 59.7 cm³/mol. The van der Waals surface area contributed by atoms with Crippen molar-refractivity contribution in [3.63, 3.8) is 0 Å². The van der Waals surface area contributed by atoms with E-state index in [9.17, 15) is 4.79 Å². The van der Waals surface area contributed by atoms with E-state index in [0.29, 0.717) is 5.13 Å². The molecule has 1 aromatic rings. The van der Waals surface area contributed by atoms with Crippen LogP contribution in [0.25, 0.3) is 0 Å². The summed E-state index contributed by atoms with van der Waals surface area (Å²) >= 11 is 4.58. The van der Waals surface area contributed by atoms with Gasteiger partial charge in [-0.25, -0.2) is 15.3 Å². The van der Waals surface area contributed by atoms with E-state index >= 15 is 0 Å². The molecule has 2 heterocycles. The fraction of sp³-hybridized carbons (Fsp3) is 0.167. The Morgan fingerprint density at radius 1 is 1.75 bits per heavy atom. The fourth-order valence-corrected chi connectivity index (χ4v) is 2.24. The standard InChI is InChI=1S/C6H6BrN5O3S/c1-11-10-9-4(15-6(13)14)12(11)5-8-2-3(7)16-5/h2,10H,1H3,(H,13,14). The molecule has 1 aliphatic rings. The summed E-state index contributed by atoms with van der Waals surface area (Å²) in [6.07, 6.45) is 0.168. The van der Waals surface area contributed by atoms with Crippen LogP contribution in [-0.2, 0) is 4.74 Å². The molecule has 0 saturated heterocycles. The molecule has 0 amide bonds. The predicted octanol–water partition coefficient (Wildman–Crippen LogP) is 1.04. The summed E-state index contributed by atoms with van der Waals surface area (Å²) in [7, 11) is 1.65. The van der Waals surface area contributed by atoms with Gasteiger partial charge >= 0.3 is 12.2 Å². The van der Waals surface area contributed by atoms with E-state index in [-0.39, 0.29) is 6.02 Å². The number of hydrazine groups is 2. The van der Waals surface area contributed by atoms with Crippen LogP contribution in [0, 0.1) is 0 Å². The van der Waals surface area contributed by atoms with Crippen molar-refractivity contribution < 1.29 is 14.6 Å². The first-order valence-corrected chi connectivity index (χ1v) is 5.58. The van der Waals surface area contributed by atoms with Gasteiger partial charge in [-0.05, 0) is 15.9 Å². The van der Waals surface area contributed by atoms with Crippen molar-refractivity contribution in [3.05, 3.63) is 9.98 Å². The highest BCUT2D eigenvalue weighted by Crippen LogP contribution is 2.28. The summed E-state index contributed by atoms with van der Waals surface area (Å²) in [6.45, 7) is 0. The Morgan fingerprint density at radius 2 is 2.50 bits per heavy atom. The summed E-state index contributed by atoms with van der Waals surface area (Å²) in [4.78, 5) is 14.5. The molecule has 0 unspecified atom stereocenters. The average molecular weight is 308 g/mol. The highest BCUT2D eigenvalue weighted by Gasteiger charge is 2.30. The molecule has 0 bridgehead atoms. The SMILES string of the molecule is CN1NN=C(OC(=O)O)N1c1ncc(Br)s1. The molecule has 2 rings (SSSR count). The monoisotopic (exact) mass is 307 g/mol. The fourth-order valence-electron chi connectivity index (χ4n) is 1.03. The van der Waals surface area contributed by atoms with E-state index in [1.54, 1.807) is 13.2 Å². The Morgan fingerprint density at radius 3 is 3.06 bits per heavy atom. The van der Waals surface area contributed by atoms with Gasteiger partial charge in [-0.1, -0.05) is 11.3 Å². The van der Waals surface area contributed by atoms with E-state index in [2.05, 4.69) is 36.3 Å². The Kier molecular flexibility index (Phi) is 2.94. The van der Waals surface area contributed by atoms with Crippen LogP contribution >= 0.6 is 27.3 Å². The van der Waals surface area contributed by atoms with Crippen molar-refractivity contribution in [2.45, 2.75) is 0 Å². The molecule has 1 aliphatic heterocycles. The Hall–Kier alpha value is -1.39. The summed E-state index contributed by atoms with van der Waals surface area (Å²) in [5.41, 5.74) is 2.54. The third kappa shape index (κ3) is 2.08. The zero-order valence-corrected chi connectivity index (χ0v) is 10.3. The van der Waals surface area contributed by atoms with Crippen molar-refractivity contribution in [1.82, 2.24) is 15.6 Å². The first-order chi connectivity index (χ1) is 7.58. The van der Waals surface area contributed by atoms with E-state index < -0.39 is 6.16 Å².